The Morgan fingerprint density at radius 3 is 2.35 bits per heavy atom. The van der Waals surface area contributed by atoms with Gasteiger partial charge in [0.05, 0.1) is 7.11 Å². The Balaban J connectivity index is 1.99. The van der Waals surface area contributed by atoms with Crippen molar-refractivity contribution in [1.82, 2.24) is 0 Å². The molecule has 0 aliphatic carbocycles. The van der Waals surface area contributed by atoms with Crippen LogP contribution >= 0.6 is 15.9 Å². The summed E-state index contributed by atoms with van der Waals surface area (Å²) in [6.07, 6.45) is 2.10. The van der Waals surface area contributed by atoms with Crippen LogP contribution in [0.2, 0.25) is 0 Å². The summed E-state index contributed by atoms with van der Waals surface area (Å²) >= 11 is 3.44. The molecule has 0 aliphatic heterocycles. The summed E-state index contributed by atoms with van der Waals surface area (Å²) in [4.78, 5) is 0. The average molecular weight is 291 g/mol. The molecular formula is C15H15BrO. The van der Waals surface area contributed by atoms with Crippen LogP contribution in [0.25, 0.3) is 0 Å². The van der Waals surface area contributed by atoms with Crippen LogP contribution in [0.15, 0.2) is 53.0 Å². The van der Waals surface area contributed by atoms with Crippen molar-refractivity contribution in [2.24, 2.45) is 0 Å². The van der Waals surface area contributed by atoms with Gasteiger partial charge in [0.15, 0.2) is 0 Å². The van der Waals surface area contributed by atoms with Crippen molar-refractivity contribution in [3.8, 4) is 5.75 Å². The molecule has 2 aromatic carbocycles. The SMILES string of the molecule is COc1cccc(CCc2ccc(Br)cc2)c1. The Hall–Kier alpha value is -1.28. The molecule has 17 heavy (non-hydrogen) atoms. The molecule has 0 atom stereocenters. The molecule has 0 aliphatic rings. The van der Waals surface area contributed by atoms with Crippen LogP contribution < -0.4 is 4.74 Å². The summed E-state index contributed by atoms with van der Waals surface area (Å²) in [6, 6.07) is 16.7. The van der Waals surface area contributed by atoms with E-state index in [0.29, 0.717) is 0 Å². The van der Waals surface area contributed by atoms with Crippen LogP contribution in [0.4, 0.5) is 0 Å². The van der Waals surface area contributed by atoms with E-state index in [1.165, 1.54) is 11.1 Å². The normalized spacial score (nSPS) is 10.2. The fourth-order valence-electron chi connectivity index (χ4n) is 1.77. The second kappa shape index (κ2) is 5.87. The first kappa shape index (κ1) is 12.2. The van der Waals surface area contributed by atoms with E-state index in [1.54, 1.807) is 7.11 Å². The van der Waals surface area contributed by atoms with Crippen LogP contribution in [0.1, 0.15) is 11.1 Å². The van der Waals surface area contributed by atoms with Gasteiger partial charge in [-0.25, -0.2) is 0 Å². The maximum Gasteiger partial charge on any atom is 0.119 e. The Morgan fingerprint density at radius 1 is 0.941 bits per heavy atom. The lowest BCUT2D eigenvalue weighted by molar-refractivity contribution is 0.414. The highest BCUT2D eigenvalue weighted by atomic mass is 79.9. The van der Waals surface area contributed by atoms with Crippen LogP contribution in [0.3, 0.4) is 0 Å². The van der Waals surface area contributed by atoms with Crippen molar-refractivity contribution in [3.63, 3.8) is 0 Å². The van der Waals surface area contributed by atoms with Gasteiger partial charge in [-0.05, 0) is 48.2 Å². The molecule has 0 fully saturated rings. The number of benzene rings is 2. The van der Waals surface area contributed by atoms with Crippen molar-refractivity contribution in [2.75, 3.05) is 7.11 Å². The molecule has 0 bridgehead atoms. The number of ether oxygens (including phenoxy) is 1. The van der Waals surface area contributed by atoms with Crippen molar-refractivity contribution in [1.29, 1.82) is 0 Å². The molecule has 0 amide bonds. The fraction of sp³-hybridized carbons (Fsp3) is 0.200. The quantitative estimate of drug-likeness (QED) is 0.818. The van der Waals surface area contributed by atoms with Gasteiger partial charge in [0.25, 0.3) is 0 Å². The lowest BCUT2D eigenvalue weighted by Crippen LogP contribution is -1.92. The van der Waals surface area contributed by atoms with E-state index in [1.807, 2.05) is 12.1 Å². The van der Waals surface area contributed by atoms with Crippen molar-refractivity contribution in [3.05, 3.63) is 64.1 Å². The van der Waals surface area contributed by atoms with Gasteiger partial charge in [-0.15, -0.1) is 0 Å². The van der Waals surface area contributed by atoms with Crippen LogP contribution in [0, 0.1) is 0 Å². The molecule has 0 radical (unpaired) electrons. The lowest BCUT2D eigenvalue weighted by atomic mass is 10.0. The summed E-state index contributed by atoms with van der Waals surface area (Å²) in [5.74, 6) is 0.929. The topological polar surface area (TPSA) is 9.23 Å². The minimum atomic E-state index is 0.929. The number of aryl methyl sites for hydroxylation is 2. The minimum Gasteiger partial charge on any atom is -0.497 e. The van der Waals surface area contributed by atoms with Gasteiger partial charge in [0.1, 0.15) is 5.75 Å². The molecule has 2 rings (SSSR count). The van der Waals surface area contributed by atoms with Crippen molar-refractivity contribution >= 4 is 15.9 Å². The van der Waals surface area contributed by atoms with E-state index in [-0.39, 0.29) is 0 Å². The van der Waals surface area contributed by atoms with Gasteiger partial charge in [-0.1, -0.05) is 40.2 Å². The third kappa shape index (κ3) is 3.60. The third-order valence-corrected chi connectivity index (χ3v) is 3.28. The summed E-state index contributed by atoms with van der Waals surface area (Å²) in [5.41, 5.74) is 2.67. The van der Waals surface area contributed by atoms with Crippen molar-refractivity contribution < 1.29 is 4.74 Å². The molecule has 1 nitrogen and oxygen atoms in total. The van der Waals surface area contributed by atoms with Gasteiger partial charge in [-0.3, -0.25) is 0 Å². The summed E-state index contributed by atoms with van der Waals surface area (Å²) in [5, 5.41) is 0. The monoisotopic (exact) mass is 290 g/mol. The summed E-state index contributed by atoms with van der Waals surface area (Å²) in [7, 11) is 1.70. The molecule has 0 aromatic heterocycles. The molecule has 0 saturated heterocycles. The number of hydrogen-bond donors (Lipinski definition) is 0. The van der Waals surface area contributed by atoms with Gasteiger partial charge in [0, 0.05) is 4.47 Å². The minimum absolute atomic E-state index is 0.929. The molecule has 0 spiro atoms. The number of hydrogen-bond acceptors (Lipinski definition) is 1. The maximum atomic E-state index is 5.22. The molecule has 0 saturated carbocycles. The second-order valence-corrected chi connectivity index (χ2v) is 4.89. The van der Waals surface area contributed by atoms with E-state index in [9.17, 15) is 0 Å². The third-order valence-electron chi connectivity index (χ3n) is 2.75. The van der Waals surface area contributed by atoms with Crippen LogP contribution in [0.5, 0.6) is 5.75 Å². The predicted molar refractivity (Wildman–Crippen MR) is 74.5 cm³/mol. The Kier molecular flexibility index (Phi) is 4.21. The highest BCUT2D eigenvalue weighted by molar-refractivity contribution is 9.10. The Morgan fingerprint density at radius 2 is 1.65 bits per heavy atom. The van der Waals surface area contributed by atoms with Crippen molar-refractivity contribution in [2.45, 2.75) is 12.8 Å². The summed E-state index contributed by atoms with van der Waals surface area (Å²) < 4.78 is 6.34. The lowest BCUT2D eigenvalue weighted by Gasteiger charge is -2.05. The van der Waals surface area contributed by atoms with Crippen LogP contribution in [-0.2, 0) is 12.8 Å². The predicted octanol–water partition coefficient (Wildman–Crippen LogP) is 4.24. The van der Waals surface area contributed by atoms with Gasteiger partial charge in [0.2, 0.25) is 0 Å². The zero-order chi connectivity index (χ0) is 12.1. The Bertz CT molecular complexity index is 477. The zero-order valence-electron chi connectivity index (χ0n) is 9.82. The van der Waals surface area contributed by atoms with E-state index < -0.39 is 0 Å². The highest BCUT2D eigenvalue weighted by Crippen LogP contribution is 2.16. The Labute approximate surface area is 111 Å². The molecular weight excluding hydrogens is 276 g/mol. The highest BCUT2D eigenvalue weighted by Gasteiger charge is 1.98. The van der Waals surface area contributed by atoms with E-state index >= 15 is 0 Å². The molecule has 88 valence electrons. The van der Waals surface area contributed by atoms with E-state index in [0.717, 1.165) is 23.1 Å². The molecule has 0 heterocycles. The average Bonchev–Trinajstić information content (AvgIpc) is 2.38. The summed E-state index contributed by atoms with van der Waals surface area (Å²) in [6.45, 7) is 0. The smallest absolute Gasteiger partial charge is 0.119 e. The largest absolute Gasteiger partial charge is 0.497 e. The van der Waals surface area contributed by atoms with Gasteiger partial charge < -0.3 is 4.74 Å². The molecule has 0 unspecified atom stereocenters. The van der Waals surface area contributed by atoms with Gasteiger partial charge >= 0.3 is 0 Å². The van der Waals surface area contributed by atoms with Crippen LogP contribution in [-0.4, -0.2) is 7.11 Å². The standard InChI is InChI=1S/C15H15BrO/c1-17-15-4-2-3-13(11-15)6-5-12-7-9-14(16)10-8-12/h2-4,7-11H,5-6H2,1H3. The zero-order valence-corrected chi connectivity index (χ0v) is 11.4. The fourth-order valence-corrected chi connectivity index (χ4v) is 2.03. The number of methoxy groups -OCH3 is 1. The molecule has 0 N–H and O–H groups in total. The number of rotatable bonds is 4. The first-order valence-electron chi connectivity index (χ1n) is 5.65. The molecule has 2 aromatic rings. The first-order chi connectivity index (χ1) is 8.28. The molecule has 2 heteroatoms. The second-order valence-electron chi connectivity index (χ2n) is 3.98. The first-order valence-corrected chi connectivity index (χ1v) is 6.44. The maximum absolute atomic E-state index is 5.22. The van der Waals surface area contributed by atoms with E-state index in [2.05, 4.69) is 52.3 Å². The van der Waals surface area contributed by atoms with Gasteiger partial charge in [-0.2, -0.15) is 0 Å². The van der Waals surface area contributed by atoms with E-state index in [4.69, 9.17) is 4.74 Å². The number of halogens is 1.